The predicted molar refractivity (Wildman–Crippen MR) is 127 cm³/mol. The van der Waals surface area contributed by atoms with Gasteiger partial charge in [0.1, 0.15) is 11.5 Å². The van der Waals surface area contributed by atoms with E-state index in [2.05, 4.69) is 4.98 Å². The van der Waals surface area contributed by atoms with Crippen LogP contribution in [0.3, 0.4) is 0 Å². The van der Waals surface area contributed by atoms with Crippen LogP contribution in [0, 0.1) is 6.92 Å². The third kappa shape index (κ3) is 7.85. The van der Waals surface area contributed by atoms with Gasteiger partial charge in [-0.1, -0.05) is 25.1 Å². The lowest BCUT2D eigenvalue weighted by Crippen LogP contribution is -2.34. The number of aliphatic carboxylic acids is 1. The molecule has 1 N–H and O–H groups in total. The molecule has 1 fully saturated rings. The highest BCUT2D eigenvalue weighted by atomic mass is 127. The van der Waals surface area contributed by atoms with Crippen molar-refractivity contribution in [1.82, 2.24) is 4.98 Å². The Hall–Kier alpha value is -1.49. The van der Waals surface area contributed by atoms with Crippen molar-refractivity contribution in [1.29, 1.82) is 0 Å². The second-order valence-electron chi connectivity index (χ2n) is 7.64. The number of oxazole rings is 1. The molecule has 31 heavy (non-hydrogen) atoms. The first-order chi connectivity index (χ1) is 14.6. The summed E-state index contributed by atoms with van der Waals surface area (Å²) in [5.74, 6) is 0.376. The van der Waals surface area contributed by atoms with Crippen LogP contribution in [0.4, 0.5) is 0 Å². The molecule has 0 aliphatic heterocycles. The maximum absolute atomic E-state index is 11.3. The summed E-state index contributed by atoms with van der Waals surface area (Å²) in [6, 6.07) is 9.80. The molecule has 172 valence electrons. The molecule has 3 atom stereocenters. The van der Waals surface area contributed by atoms with Gasteiger partial charge in [0.25, 0.3) is 0 Å². The zero-order chi connectivity index (χ0) is 21.3. The van der Waals surface area contributed by atoms with Gasteiger partial charge in [-0.2, -0.15) is 0 Å². The van der Waals surface area contributed by atoms with Crippen LogP contribution in [0.15, 0.2) is 34.7 Å². The van der Waals surface area contributed by atoms with Crippen LogP contribution in [0.2, 0.25) is 0 Å². The SMILES string of the molecule is CCCOC(CO[C@@H]1CCC[C@H](OCc2nc(-c3ccccc3)oc2C)C1)C(=O)O.I. The fraction of sp³-hybridized carbons (Fsp3) is 0.565. The number of benzene rings is 1. The average Bonchev–Trinajstić information content (AvgIpc) is 3.13. The largest absolute Gasteiger partial charge is 0.479 e. The fourth-order valence-electron chi connectivity index (χ4n) is 3.54. The summed E-state index contributed by atoms with van der Waals surface area (Å²) < 4.78 is 23.1. The van der Waals surface area contributed by atoms with Crippen LogP contribution in [-0.2, 0) is 25.6 Å². The van der Waals surface area contributed by atoms with Crippen molar-refractivity contribution in [2.45, 2.75) is 70.9 Å². The standard InChI is InChI=1S/C23H31NO6.HI/c1-3-12-27-21(23(25)26)15-29-19-11-7-10-18(13-19)28-14-20-16(2)30-22(24-20)17-8-5-4-6-9-17;/h4-6,8-9,18-19,21H,3,7,10-15H2,1-2H3,(H,25,26);1H/t18-,19+,21?;/m0./s1. The van der Waals surface area contributed by atoms with Gasteiger partial charge in [-0.05, 0) is 51.2 Å². The number of carboxylic acids is 1. The summed E-state index contributed by atoms with van der Waals surface area (Å²) in [6.45, 7) is 4.71. The Morgan fingerprint density at radius 1 is 1.23 bits per heavy atom. The maximum atomic E-state index is 11.3. The van der Waals surface area contributed by atoms with Gasteiger partial charge in [-0.25, -0.2) is 9.78 Å². The summed E-state index contributed by atoms with van der Waals surface area (Å²) in [7, 11) is 0. The van der Waals surface area contributed by atoms with E-state index in [1.807, 2.05) is 44.2 Å². The number of aromatic nitrogens is 1. The average molecular weight is 545 g/mol. The van der Waals surface area contributed by atoms with Crippen LogP contribution in [0.5, 0.6) is 0 Å². The van der Waals surface area contributed by atoms with Gasteiger partial charge in [0, 0.05) is 12.2 Å². The molecule has 7 nitrogen and oxygen atoms in total. The molecule has 8 heteroatoms. The Balaban J connectivity index is 0.00000341. The lowest BCUT2D eigenvalue weighted by Gasteiger charge is -2.29. The van der Waals surface area contributed by atoms with E-state index in [4.69, 9.17) is 18.6 Å². The number of carboxylic acid groups (broad SMARTS) is 1. The van der Waals surface area contributed by atoms with Crippen LogP contribution in [0.25, 0.3) is 11.5 Å². The number of halogens is 1. The van der Waals surface area contributed by atoms with E-state index < -0.39 is 12.1 Å². The van der Waals surface area contributed by atoms with Gasteiger partial charge in [0.2, 0.25) is 5.89 Å². The highest BCUT2D eigenvalue weighted by Crippen LogP contribution is 2.26. The van der Waals surface area contributed by atoms with Crippen LogP contribution >= 0.6 is 24.0 Å². The third-order valence-electron chi connectivity index (χ3n) is 5.23. The number of carbonyl (C=O) groups is 1. The monoisotopic (exact) mass is 545 g/mol. The van der Waals surface area contributed by atoms with Crippen molar-refractivity contribution in [3.63, 3.8) is 0 Å². The van der Waals surface area contributed by atoms with Gasteiger partial charge >= 0.3 is 5.97 Å². The highest BCUT2D eigenvalue weighted by Gasteiger charge is 2.26. The van der Waals surface area contributed by atoms with Gasteiger partial charge in [-0.3, -0.25) is 0 Å². The Labute approximate surface area is 200 Å². The van der Waals surface area contributed by atoms with E-state index in [0.717, 1.165) is 49.1 Å². The number of rotatable bonds is 11. The third-order valence-corrected chi connectivity index (χ3v) is 5.23. The smallest absolute Gasteiger partial charge is 0.335 e. The molecule has 0 spiro atoms. The van der Waals surface area contributed by atoms with Crippen molar-refractivity contribution in [2.75, 3.05) is 13.2 Å². The molecule has 0 saturated heterocycles. The summed E-state index contributed by atoms with van der Waals surface area (Å²) >= 11 is 0. The van der Waals surface area contributed by atoms with Crippen molar-refractivity contribution < 1.29 is 28.5 Å². The van der Waals surface area contributed by atoms with E-state index in [9.17, 15) is 9.90 Å². The number of aryl methyl sites for hydroxylation is 1. The van der Waals surface area contributed by atoms with Crippen molar-refractivity contribution in [3.05, 3.63) is 41.8 Å². The second kappa shape index (κ2) is 13.1. The minimum Gasteiger partial charge on any atom is -0.479 e. The molecule has 1 aromatic carbocycles. The van der Waals surface area contributed by atoms with Gasteiger partial charge < -0.3 is 23.7 Å². The molecule has 0 bridgehead atoms. The number of ether oxygens (including phenoxy) is 3. The zero-order valence-electron chi connectivity index (χ0n) is 18.1. The lowest BCUT2D eigenvalue weighted by molar-refractivity contribution is -0.157. The van der Waals surface area contributed by atoms with Crippen molar-refractivity contribution in [3.8, 4) is 11.5 Å². The molecular weight excluding hydrogens is 513 g/mol. The number of hydrogen-bond acceptors (Lipinski definition) is 6. The molecule has 1 aromatic heterocycles. The van der Waals surface area contributed by atoms with Gasteiger partial charge in [0.05, 0.1) is 25.4 Å². The summed E-state index contributed by atoms with van der Waals surface area (Å²) in [6.07, 6.45) is 3.47. The number of hydrogen-bond donors (Lipinski definition) is 1. The maximum Gasteiger partial charge on any atom is 0.335 e. The summed E-state index contributed by atoms with van der Waals surface area (Å²) in [4.78, 5) is 15.9. The first-order valence-corrected chi connectivity index (χ1v) is 10.7. The molecule has 0 radical (unpaired) electrons. The minimum atomic E-state index is -0.984. The highest BCUT2D eigenvalue weighted by molar-refractivity contribution is 14.0. The normalized spacial score (nSPS) is 19.5. The van der Waals surface area contributed by atoms with Crippen LogP contribution in [-0.4, -0.2) is 47.6 Å². The Morgan fingerprint density at radius 2 is 1.94 bits per heavy atom. The van der Waals surface area contributed by atoms with Crippen LogP contribution < -0.4 is 0 Å². The van der Waals surface area contributed by atoms with Gasteiger partial charge in [0.15, 0.2) is 6.10 Å². The molecule has 3 rings (SSSR count). The molecular formula is C23H32INO6. The Kier molecular flexibility index (Phi) is 10.9. The number of nitrogens with zero attached hydrogens (tertiary/aromatic N) is 1. The quantitative estimate of drug-likeness (QED) is 0.398. The lowest BCUT2D eigenvalue weighted by atomic mass is 9.95. The van der Waals surface area contributed by atoms with E-state index in [-0.39, 0.29) is 42.8 Å². The Morgan fingerprint density at radius 3 is 2.61 bits per heavy atom. The summed E-state index contributed by atoms with van der Waals surface area (Å²) in [5.41, 5.74) is 1.74. The van der Waals surface area contributed by atoms with Gasteiger partial charge in [-0.15, -0.1) is 24.0 Å². The molecule has 0 amide bonds. The van der Waals surface area contributed by atoms with E-state index in [1.54, 1.807) is 0 Å². The first-order valence-electron chi connectivity index (χ1n) is 10.7. The molecule has 1 saturated carbocycles. The molecule has 1 heterocycles. The summed E-state index contributed by atoms with van der Waals surface area (Å²) in [5, 5.41) is 9.26. The topological polar surface area (TPSA) is 91.0 Å². The fourth-order valence-corrected chi connectivity index (χ4v) is 3.54. The zero-order valence-corrected chi connectivity index (χ0v) is 20.4. The second-order valence-corrected chi connectivity index (χ2v) is 7.64. The first kappa shape index (κ1) is 25.8. The Bertz CT molecular complexity index is 797. The predicted octanol–water partition coefficient (Wildman–Crippen LogP) is 4.99. The molecule has 1 aliphatic carbocycles. The molecule has 1 aliphatic rings. The van der Waals surface area contributed by atoms with Crippen molar-refractivity contribution >= 4 is 29.9 Å². The van der Waals surface area contributed by atoms with Crippen molar-refractivity contribution in [2.24, 2.45) is 0 Å². The molecule has 2 aromatic rings. The van der Waals surface area contributed by atoms with E-state index in [1.165, 1.54) is 0 Å². The van der Waals surface area contributed by atoms with E-state index >= 15 is 0 Å². The van der Waals surface area contributed by atoms with E-state index in [0.29, 0.717) is 19.1 Å². The van der Waals surface area contributed by atoms with Crippen LogP contribution in [0.1, 0.15) is 50.5 Å². The molecule has 1 unspecified atom stereocenters. The minimum absolute atomic E-state index is 0.